The standard InChI is InChI=1S/C12H12O3.C2H6/c1-3-8-6-12(13)15-11-7-9(14-2)4-5-10(8)11;1-2/h4-7H,3H2,1-2H3;1-2H3. The number of hydrogen-bond donors (Lipinski definition) is 0. The first kappa shape index (κ1) is 13.3. The van der Waals surface area contributed by atoms with Crippen molar-refractivity contribution in [2.24, 2.45) is 0 Å². The van der Waals surface area contributed by atoms with Gasteiger partial charge in [0.2, 0.25) is 0 Å². The van der Waals surface area contributed by atoms with Crippen molar-refractivity contribution in [2.45, 2.75) is 27.2 Å². The molecule has 1 heterocycles. The Labute approximate surface area is 101 Å². The van der Waals surface area contributed by atoms with Crippen molar-refractivity contribution in [1.29, 1.82) is 0 Å². The van der Waals surface area contributed by atoms with Crippen molar-refractivity contribution in [3.05, 3.63) is 40.2 Å². The Hall–Kier alpha value is -1.77. The van der Waals surface area contributed by atoms with E-state index in [0.717, 1.165) is 17.4 Å². The first-order valence-electron chi connectivity index (χ1n) is 5.85. The molecule has 1 aromatic carbocycles. The van der Waals surface area contributed by atoms with Crippen molar-refractivity contribution in [2.75, 3.05) is 7.11 Å². The molecule has 0 fully saturated rings. The number of fused-ring (bicyclic) bond motifs is 1. The van der Waals surface area contributed by atoms with Gasteiger partial charge in [0, 0.05) is 17.5 Å². The third kappa shape index (κ3) is 2.87. The van der Waals surface area contributed by atoms with Crippen LogP contribution in [0.25, 0.3) is 11.0 Å². The van der Waals surface area contributed by atoms with Crippen LogP contribution in [0.4, 0.5) is 0 Å². The molecular weight excluding hydrogens is 216 g/mol. The lowest BCUT2D eigenvalue weighted by Gasteiger charge is -2.04. The van der Waals surface area contributed by atoms with E-state index < -0.39 is 0 Å². The maximum Gasteiger partial charge on any atom is 0.336 e. The van der Waals surface area contributed by atoms with Gasteiger partial charge in [0.05, 0.1) is 7.11 Å². The third-order valence-corrected chi connectivity index (χ3v) is 2.42. The van der Waals surface area contributed by atoms with Gasteiger partial charge in [-0.3, -0.25) is 0 Å². The molecule has 2 rings (SSSR count). The SMILES string of the molecule is CC.CCc1cc(=O)oc2cc(OC)ccc12. The van der Waals surface area contributed by atoms with E-state index in [9.17, 15) is 4.79 Å². The minimum Gasteiger partial charge on any atom is -0.497 e. The Balaban J connectivity index is 0.000000686. The van der Waals surface area contributed by atoms with Crippen molar-refractivity contribution in [3.63, 3.8) is 0 Å². The zero-order valence-electron chi connectivity index (χ0n) is 10.7. The van der Waals surface area contributed by atoms with Gasteiger partial charge in [-0.25, -0.2) is 4.79 Å². The molecule has 1 aromatic heterocycles. The second-order valence-electron chi connectivity index (χ2n) is 3.31. The van der Waals surface area contributed by atoms with Crippen LogP contribution in [-0.4, -0.2) is 7.11 Å². The average molecular weight is 234 g/mol. The van der Waals surface area contributed by atoms with Gasteiger partial charge in [-0.15, -0.1) is 0 Å². The molecule has 0 radical (unpaired) electrons. The summed E-state index contributed by atoms with van der Waals surface area (Å²) in [6.45, 7) is 6.01. The molecule has 3 heteroatoms. The molecule has 0 unspecified atom stereocenters. The van der Waals surface area contributed by atoms with Crippen LogP contribution < -0.4 is 10.4 Å². The maximum absolute atomic E-state index is 11.3. The van der Waals surface area contributed by atoms with E-state index in [2.05, 4.69) is 0 Å². The summed E-state index contributed by atoms with van der Waals surface area (Å²) in [6, 6.07) is 7.04. The summed E-state index contributed by atoms with van der Waals surface area (Å²) in [5, 5.41) is 0.970. The topological polar surface area (TPSA) is 39.4 Å². The quantitative estimate of drug-likeness (QED) is 0.748. The average Bonchev–Trinajstić information content (AvgIpc) is 2.39. The van der Waals surface area contributed by atoms with Gasteiger partial charge < -0.3 is 9.15 Å². The van der Waals surface area contributed by atoms with Crippen LogP contribution in [0, 0.1) is 0 Å². The van der Waals surface area contributed by atoms with Crippen LogP contribution in [0.15, 0.2) is 33.5 Å². The predicted molar refractivity (Wildman–Crippen MR) is 69.8 cm³/mol. The van der Waals surface area contributed by atoms with Crippen molar-refractivity contribution >= 4 is 11.0 Å². The molecule has 2 aromatic rings. The molecule has 0 bridgehead atoms. The number of aryl methyl sites for hydroxylation is 1. The highest BCUT2D eigenvalue weighted by Gasteiger charge is 2.04. The Morgan fingerprint density at radius 1 is 1.24 bits per heavy atom. The minimum absolute atomic E-state index is 0.312. The number of benzene rings is 1. The zero-order chi connectivity index (χ0) is 12.8. The summed E-state index contributed by atoms with van der Waals surface area (Å²) in [4.78, 5) is 11.3. The van der Waals surface area contributed by atoms with E-state index in [0.29, 0.717) is 11.3 Å². The summed E-state index contributed by atoms with van der Waals surface area (Å²) in [6.07, 6.45) is 0.814. The Morgan fingerprint density at radius 3 is 2.53 bits per heavy atom. The lowest BCUT2D eigenvalue weighted by Crippen LogP contribution is -1.99. The molecule has 0 saturated carbocycles. The molecule has 0 aliphatic rings. The first-order chi connectivity index (χ1) is 8.24. The summed E-state index contributed by atoms with van der Waals surface area (Å²) in [5.74, 6) is 0.693. The van der Waals surface area contributed by atoms with E-state index in [1.165, 1.54) is 6.07 Å². The van der Waals surface area contributed by atoms with E-state index in [4.69, 9.17) is 9.15 Å². The summed E-state index contributed by atoms with van der Waals surface area (Å²) >= 11 is 0. The van der Waals surface area contributed by atoms with Crippen LogP contribution in [0.2, 0.25) is 0 Å². The molecule has 17 heavy (non-hydrogen) atoms. The smallest absolute Gasteiger partial charge is 0.336 e. The van der Waals surface area contributed by atoms with Crippen LogP contribution >= 0.6 is 0 Å². The zero-order valence-corrected chi connectivity index (χ0v) is 10.7. The molecule has 92 valence electrons. The number of rotatable bonds is 2. The molecule has 0 amide bonds. The number of ether oxygens (including phenoxy) is 1. The fraction of sp³-hybridized carbons (Fsp3) is 0.357. The molecule has 0 N–H and O–H groups in total. The molecule has 0 aliphatic heterocycles. The van der Waals surface area contributed by atoms with Gasteiger partial charge in [-0.2, -0.15) is 0 Å². The normalized spacial score (nSPS) is 9.65. The third-order valence-electron chi connectivity index (χ3n) is 2.42. The van der Waals surface area contributed by atoms with E-state index in [1.54, 1.807) is 13.2 Å². The van der Waals surface area contributed by atoms with Gasteiger partial charge in [-0.05, 0) is 24.1 Å². The maximum atomic E-state index is 11.3. The first-order valence-corrected chi connectivity index (χ1v) is 5.85. The Bertz CT molecular complexity index is 541. The largest absolute Gasteiger partial charge is 0.497 e. The summed E-state index contributed by atoms with van der Waals surface area (Å²) < 4.78 is 10.2. The van der Waals surface area contributed by atoms with Crippen LogP contribution in [0.1, 0.15) is 26.3 Å². The van der Waals surface area contributed by atoms with Gasteiger partial charge >= 0.3 is 5.63 Å². The lowest BCUT2D eigenvalue weighted by atomic mass is 10.1. The van der Waals surface area contributed by atoms with Gasteiger partial charge in [-0.1, -0.05) is 20.8 Å². The fourth-order valence-electron chi connectivity index (χ4n) is 1.63. The molecular formula is C14H18O3. The van der Waals surface area contributed by atoms with Crippen LogP contribution in [0.3, 0.4) is 0 Å². The van der Waals surface area contributed by atoms with Crippen LogP contribution in [0.5, 0.6) is 5.75 Å². The highest BCUT2D eigenvalue weighted by atomic mass is 16.5. The van der Waals surface area contributed by atoms with E-state index in [1.807, 2.05) is 32.9 Å². The monoisotopic (exact) mass is 234 g/mol. The second-order valence-corrected chi connectivity index (χ2v) is 3.31. The van der Waals surface area contributed by atoms with E-state index in [-0.39, 0.29) is 5.63 Å². The molecule has 0 saturated heterocycles. The van der Waals surface area contributed by atoms with Gasteiger partial charge in [0.1, 0.15) is 11.3 Å². The molecule has 3 nitrogen and oxygen atoms in total. The lowest BCUT2D eigenvalue weighted by molar-refractivity contribution is 0.414. The van der Waals surface area contributed by atoms with Crippen LogP contribution in [-0.2, 0) is 6.42 Å². The summed E-state index contributed by atoms with van der Waals surface area (Å²) in [5.41, 5.74) is 1.27. The van der Waals surface area contributed by atoms with E-state index >= 15 is 0 Å². The second kappa shape index (κ2) is 6.09. The molecule has 0 spiro atoms. The highest BCUT2D eigenvalue weighted by Crippen LogP contribution is 2.22. The van der Waals surface area contributed by atoms with Crippen molar-refractivity contribution < 1.29 is 9.15 Å². The van der Waals surface area contributed by atoms with Crippen molar-refractivity contribution in [1.82, 2.24) is 0 Å². The summed E-state index contributed by atoms with van der Waals surface area (Å²) in [7, 11) is 1.59. The predicted octanol–water partition coefficient (Wildman–Crippen LogP) is 3.39. The van der Waals surface area contributed by atoms with Gasteiger partial charge in [0.15, 0.2) is 0 Å². The Kier molecular flexibility index (Phi) is 4.76. The molecule has 0 aliphatic carbocycles. The van der Waals surface area contributed by atoms with Gasteiger partial charge in [0.25, 0.3) is 0 Å². The number of methoxy groups -OCH3 is 1. The Morgan fingerprint density at radius 2 is 1.94 bits per heavy atom. The highest BCUT2D eigenvalue weighted by molar-refractivity contribution is 5.81. The van der Waals surface area contributed by atoms with Crippen molar-refractivity contribution in [3.8, 4) is 5.75 Å². The molecule has 0 atom stereocenters. The number of hydrogen-bond acceptors (Lipinski definition) is 3. The minimum atomic E-state index is -0.312. The fourth-order valence-corrected chi connectivity index (χ4v) is 1.63.